The van der Waals surface area contributed by atoms with Crippen LogP contribution in [0.25, 0.3) is 22.2 Å². The van der Waals surface area contributed by atoms with Gasteiger partial charge < -0.3 is 19.7 Å². The molecule has 0 saturated carbocycles. The van der Waals surface area contributed by atoms with Crippen LogP contribution in [-0.2, 0) is 0 Å². The SMILES string of the molecule is COc1ccc2c(c1)OCCC2NC(=O)c1cnc2c(-c3cc(Cl)cc(Cl)c3)nccc2c1N(C)C. The number of benzene rings is 2. The van der Waals surface area contributed by atoms with E-state index in [1.807, 2.05) is 43.3 Å². The zero-order chi connectivity index (χ0) is 25.4. The van der Waals surface area contributed by atoms with Crippen molar-refractivity contribution in [1.29, 1.82) is 0 Å². The molecule has 0 bridgehead atoms. The fourth-order valence-corrected chi connectivity index (χ4v) is 5.07. The van der Waals surface area contributed by atoms with Crippen molar-refractivity contribution in [2.45, 2.75) is 12.5 Å². The van der Waals surface area contributed by atoms with Crippen LogP contribution < -0.4 is 19.7 Å². The van der Waals surface area contributed by atoms with Crippen LogP contribution in [0.15, 0.2) is 54.9 Å². The second-order valence-corrected chi connectivity index (χ2v) is 9.57. The Bertz CT molecular complexity index is 1460. The molecule has 184 valence electrons. The lowest BCUT2D eigenvalue weighted by molar-refractivity contribution is 0.0925. The third-order valence-corrected chi connectivity index (χ3v) is 6.59. The predicted molar refractivity (Wildman–Crippen MR) is 143 cm³/mol. The number of carbonyl (C=O) groups excluding carboxylic acids is 1. The number of anilines is 1. The smallest absolute Gasteiger partial charge is 0.255 e. The number of halogens is 2. The summed E-state index contributed by atoms with van der Waals surface area (Å²) < 4.78 is 11.1. The minimum absolute atomic E-state index is 0.195. The number of hydrogen-bond donors (Lipinski definition) is 1. The normalized spacial score (nSPS) is 14.6. The number of amides is 1. The molecule has 2 aromatic heterocycles. The van der Waals surface area contributed by atoms with E-state index in [-0.39, 0.29) is 11.9 Å². The molecule has 36 heavy (non-hydrogen) atoms. The van der Waals surface area contributed by atoms with Gasteiger partial charge in [0.25, 0.3) is 5.91 Å². The van der Waals surface area contributed by atoms with Gasteiger partial charge in [0.1, 0.15) is 11.5 Å². The Morgan fingerprint density at radius 1 is 1.11 bits per heavy atom. The number of fused-ring (bicyclic) bond motifs is 2. The molecule has 1 aliphatic rings. The van der Waals surface area contributed by atoms with E-state index in [0.29, 0.717) is 51.3 Å². The minimum atomic E-state index is -0.217. The number of nitrogens with zero attached hydrogens (tertiary/aromatic N) is 3. The average Bonchev–Trinajstić information content (AvgIpc) is 2.86. The minimum Gasteiger partial charge on any atom is -0.497 e. The Kier molecular flexibility index (Phi) is 6.60. The van der Waals surface area contributed by atoms with E-state index in [0.717, 1.165) is 22.2 Å². The lowest BCUT2D eigenvalue weighted by Crippen LogP contribution is -2.33. The summed E-state index contributed by atoms with van der Waals surface area (Å²) in [5.41, 5.74) is 4.17. The van der Waals surface area contributed by atoms with E-state index in [1.54, 1.807) is 37.7 Å². The molecular weight excluding hydrogens is 499 g/mol. The second kappa shape index (κ2) is 9.84. The van der Waals surface area contributed by atoms with E-state index >= 15 is 0 Å². The number of rotatable bonds is 5. The van der Waals surface area contributed by atoms with Crippen LogP contribution in [0.4, 0.5) is 5.69 Å². The molecule has 3 heterocycles. The summed E-state index contributed by atoms with van der Waals surface area (Å²) in [7, 11) is 5.41. The highest BCUT2D eigenvalue weighted by molar-refractivity contribution is 6.35. The van der Waals surface area contributed by atoms with Gasteiger partial charge in [-0.2, -0.15) is 0 Å². The number of ether oxygens (including phenoxy) is 2. The number of carbonyl (C=O) groups is 1. The summed E-state index contributed by atoms with van der Waals surface area (Å²) in [6.45, 7) is 0.499. The summed E-state index contributed by atoms with van der Waals surface area (Å²) in [6, 6.07) is 12.6. The molecule has 1 atom stereocenters. The van der Waals surface area contributed by atoms with Gasteiger partial charge in [0, 0.05) is 65.5 Å². The van der Waals surface area contributed by atoms with Crippen LogP contribution in [-0.4, -0.2) is 43.7 Å². The monoisotopic (exact) mass is 522 g/mol. The maximum absolute atomic E-state index is 13.6. The Morgan fingerprint density at radius 2 is 1.89 bits per heavy atom. The predicted octanol–water partition coefficient (Wildman–Crippen LogP) is 5.93. The first kappa shape index (κ1) is 24.2. The van der Waals surface area contributed by atoms with Crippen molar-refractivity contribution in [3.63, 3.8) is 0 Å². The largest absolute Gasteiger partial charge is 0.497 e. The van der Waals surface area contributed by atoms with E-state index in [1.165, 1.54) is 0 Å². The molecule has 9 heteroatoms. The van der Waals surface area contributed by atoms with Gasteiger partial charge in [0.15, 0.2) is 0 Å². The van der Waals surface area contributed by atoms with Crippen LogP contribution in [0.1, 0.15) is 28.4 Å². The standard InChI is InChI=1S/C27H24Cl2N4O3/c1-33(2)26-20-6-8-30-24(15-10-16(28)12-17(29)11-15)25(20)31-14-21(26)27(34)32-22-7-9-36-23-13-18(35-3)4-5-19(22)23/h4-6,8,10-14,22H,7,9H2,1-3H3,(H,32,34). The third kappa shape index (κ3) is 4.52. The van der Waals surface area contributed by atoms with Crippen LogP contribution in [0, 0.1) is 0 Å². The third-order valence-electron chi connectivity index (χ3n) is 6.15. The van der Waals surface area contributed by atoms with Crippen molar-refractivity contribution in [3.8, 4) is 22.8 Å². The lowest BCUT2D eigenvalue weighted by Gasteiger charge is -2.28. The first-order valence-corrected chi connectivity index (χ1v) is 12.1. The van der Waals surface area contributed by atoms with Crippen molar-refractivity contribution >= 4 is 45.7 Å². The molecule has 1 amide bonds. The maximum atomic E-state index is 13.6. The van der Waals surface area contributed by atoms with Crippen LogP contribution in [0.2, 0.25) is 10.0 Å². The molecule has 0 fully saturated rings. The summed E-state index contributed by atoms with van der Waals surface area (Å²) in [6.07, 6.45) is 3.95. The van der Waals surface area contributed by atoms with Gasteiger partial charge in [-0.15, -0.1) is 0 Å². The molecule has 1 N–H and O–H groups in total. The van der Waals surface area contributed by atoms with Crippen molar-refractivity contribution in [2.24, 2.45) is 0 Å². The van der Waals surface area contributed by atoms with Gasteiger partial charge in [0.05, 0.1) is 42.2 Å². The average molecular weight is 523 g/mol. The van der Waals surface area contributed by atoms with Crippen LogP contribution in [0.5, 0.6) is 11.5 Å². The van der Waals surface area contributed by atoms with Crippen molar-refractivity contribution in [2.75, 3.05) is 32.7 Å². The van der Waals surface area contributed by atoms with Gasteiger partial charge in [0.2, 0.25) is 0 Å². The van der Waals surface area contributed by atoms with Crippen molar-refractivity contribution in [3.05, 3.63) is 76.0 Å². The number of methoxy groups -OCH3 is 1. The summed E-state index contributed by atoms with van der Waals surface area (Å²) in [5, 5.41) is 4.99. The van der Waals surface area contributed by atoms with Gasteiger partial charge in [-0.1, -0.05) is 23.2 Å². The van der Waals surface area contributed by atoms with Gasteiger partial charge in [-0.25, -0.2) is 0 Å². The Morgan fingerprint density at radius 3 is 2.61 bits per heavy atom. The van der Waals surface area contributed by atoms with Crippen LogP contribution in [0.3, 0.4) is 0 Å². The summed E-state index contributed by atoms with van der Waals surface area (Å²) >= 11 is 12.5. The molecule has 2 aromatic carbocycles. The fourth-order valence-electron chi connectivity index (χ4n) is 4.54. The Labute approximate surface area is 219 Å². The lowest BCUT2D eigenvalue weighted by atomic mass is 9.99. The first-order chi connectivity index (χ1) is 17.4. The number of hydrogen-bond acceptors (Lipinski definition) is 6. The molecule has 1 aliphatic heterocycles. The maximum Gasteiger partial charge on any atom is 0.255 e. The highest BCUT2D eigenvalue weighted by Gasteiger charge is 2.26. The number of pyridine rings is 2. The molecule has 0 spiro atoms. The second-order valence-electron chi connectivity index (χ2n) is 8.70. The Balaban J connectivity index is 1.55. The van der Waals surface area contributed by atoms with Gasteiger partial charge in [-0.05, 0) is 36.4 Å². The highest BCUT2D eigenvalue weighted by atomic mass is 35.5. The van der Waals surface area contributed by atoms with Crippen molar-refractivity contribution < 1.29 is 14.3 Å². The first-order valence-electron chi connectivity index (χ1n) is 11.4. The summed E-state index contributed by atoms with van der Waals surface area (Å²) in [5.74, 6) is 1.21. The summed E-state index contributed by atoms with van der Waals surface area (Å²) in [4.78, 5) is 24.7. The number of nitrogens with one attached hydrogen (secondary N) is 1. The molecule has 7 nitrogen and oxygen atoms in total. The number of aromatic nitrogens is 2. The molecule has 1 unspecified atom stereocenters. The zero-order valence-electron chi connectivity index (χ0n) is 20.0. The van der Waals surface area contributed by atoms with E-state index in [2.05, 4.69) is 15.3 Å². The molecular formula is C27H24Cl2N4O3. The quantitative estimate of drug-likeness (QED) is 0.350. The molecule has 5 rings (SSSR count). The van der Waals surface area contributed by atoms with Crippen molar-refractivity contribution in [1.82, 2.24) is 15.3 Å². The molecule has 0 radical (unpaired) electrons. The molecule has 0 saturated heterocycles. The van der Waals surface area contributed by atoms with Crippen LogP contribution >= 0.6 is 23.2 Å². The molecule has 4 aromatic rings. The van der Waals surface area contributed by atoms with Gasteiger partial charge >= 0.3 is 0 Å². The van der Waals surface area contributed by atoms with E-state index < -0.39 is 0 Å². The van der Waals surface area contributed by atoms with E-state index in [9.17, 15) is 4.79 Å². The topological polar surface area (TPSA) is 76.6 Å². The highest BCUT2D eigenvalue weighted by Crippen LogP contribution is 2.37. The fraction of sp³-hybridized carbons (Fsp3) is 0.222. The van der Waals surface area contributed by atoms with Gasteiger partial charge in [-0.3, -0.25) is 14.8 Å². The zero-order valence-corrected chi connectivity index (χ0v) is 21.5. The Hall–Kier alpha value is -3.55. The van der Waals surface area contributed by atoms with E-state index in [4.69, 9.17) is 32.7 Å². The molecule has 0 aliphatic carbocycles.